The highest BCUT2D eigenvalue weighted by atomic mass is 16.3. The molecular weight excluding hydrogens is 202 g/mol. The van der Waals surface area contributed by atoms with E-state index in [9.17, 15) is 5.11 Å². The summed E-state index contributed by atoms with van der Waals surface area (Å²) in [5, 5.41) is 13.2. The number of rotatable bonds is 3. The monoisotopic (exact) mass is 221 g/mol. The molecule has 0 aliphatic heterocycles. The Bertz CT molecular complexity index is 330. The van der Waals surface area contributed by atoms with E-state index in [1.165, 1.54) is 6.42 Å². The van der Waals surface area contributed by atoms with Crippen LogP contribution in [0.4, 0.5) is 5.95 Å². The van der Waals surface area contributed by atoms with E-state index in [0.717, 1.165) is 25.8 Å². The zero-order valence-electron chi connectivity index (χ0n) is 9.69. The molecule has 1 aromatic heterocycles. The van der Waals surface area contributed by atoms with Crippen molar-refractivity contribution in [2.24, 2.45) is 5.41 Å². The van der Waals surface area contributed by atoms with Crippen molar-refractivity contribution in [1.82, 2.24) is 9.97 Å². The third kappa shape index (κ3) is 2.50. The van der Waals surface area contributed by atoms with Gasteiger partial charge >= 0.3 is 0 Å². The third-order valence-electron chi connectivity index (χ3n) is 3.50. The molecule has 4 heteroatoms. The molecule has 0 bridgehead atoms. The van der Waals surface area contributed by atoms with Gasteiger partial charge in [-0.25, -0.2) is 9.97 Å². The lowest BCUT2D eigenvalue weighted by atomic mass is 9.73. The summed E-state index contributed by atoms with van der Waals surface area (Å²) in [7, 11) is 0. The van der Waals surface area contributed by atoms with Gasteiger partial charge in [0, 0.05) is 24.4 Å². The van der Waals surface area contributed by atoms with Gasteiger partial charge in [-0.1, -0.05) is 19.8 Å². The molecule has 2 rings (SSSR count). The van der Waals surface area contributed by atoms with Gasteiger partial charge in [-0.05, 0) is 18.9 Å². The summed E-state index contributed by atoms with van der Waals surface area (Å²) in [6.07, 6.45) is 7.53. The van der Waals surface area contributed by atoms with Crippen molar-refractivity contribution in [3.63, 3.8) is 0 Å². The van der Waals surface area contributed by atoms with Crippen molar-refractivity contribution in [1.29, 1.82) is 0 Å². The molecule has 1 aliphatic carbocycles. The fraction of sp³-hybridized carbons (Fsp3) is 0.667. The number of nitrogens with zero attached hydrogens (tertiary/aromatic N) is 2. The molecule has 1 aliphatic rings. The van der Waals surface area contributed by atoms with Gasteiger partial charge in [-0.15, -0.1) is 0 Å². The average Bonchev–Trinajstić information content (AvgIpc) is 2.32. The maximum Gasteiger partial charge on any atom is 0.222 e. The maximum absolute atomic E-state index is 10.0. The quantitative estimate of drug-likeness (QED) is 0.817. The summed E-state index contributed by atoms with van der Waals surface area (Å²) < 4.78 is 0. The van der Waals surface area contributed by atoms with Gasteiger partial charge in [0.1, 0.15) is 0 Å². The van der Waals surface area contributed by atoms with Crippen LogP contribution < -0.4 is 5.32 Å². The van der Waals surface area contributed by atoms with Gasteiger partial charge in [-0.3, -0.25) is 0 Å². The topological polar surface area (TPSA) is 58.0 Å². The van der Waals surface area contributed by atoms with Crippen molar-refractivity contribution >= 4 is 5.95 Å². The highest BCUT2D eigenvalue weighted by molar-refractivity contribution is 5.23. The Morgan fingerprint density at radius 1 is 1.44 bits per heavy atom. The van der Waals surface area contributed by atoms with Crippen LogP contribution in [0, 0.1) is 5.41 Å². The first-order valence-corrected chi connectivity index (χ1v) is 5.90. The van der Waals surface area contributed by atoms with Gasteiger partial charge < -0.3 is 10.4 Å². The molecule has 0 radical (unpaired) electrons. The van der Waals surface area contributed by atoms with E-state index in [0.29, 0.717) is 5.95 Å². The van der Waals surface area contributed by atoms with E-state index in [-0.39, 0.29) is 11.5 Å². The van der Waals surface area contributed by atoms with Gasteiger partial charge in [0.25, 0.3) is 0 Å². The van der Waals surface area contributed by atoms with E-state index in [4.69, 9.17) is 0 Å². The summed E-state index contributed by atoms with van der Waals surface area (Å²) >= 11 is 0. The molecule has 1 aromatic rings. The number of hydrogen-bond donors (Lipinski definition) is 2. The summed E-state index contributed by atoms with van der Waals surface area (Å²) in [5.74, 6) is 0.640. The molecule has 0 spiro atoms. The van der Waals surface area contributed by atoms with Gasteiger partial charge in [0.05, 0.1) is 6.10 Å². The van der Waals surface area contributed by atoms with Crippen molar-refractivity contribution in [2.75, 3.05) is 11.9 Å². The van der Waals surface area contributed by atoms with Gasteiger partial charge in [0.15, 0.2) is 0 Å². The minimum absolute atomic E-state index is 0.0442. The summed E-state index contributed by atoms with van der Waals surface area (Å²) in [4.78, 5) is 8.23. The molecule has 4 nitrogen and oxygen atoms in total. The molecule has 1 heterocycles. The molecule has 0 amide bonds. The second kappa shape index (κ2) is 4.78. The molecule has 2 unspecified atom stereocenters. The Balaban J connectivity index is 1.93. The number of aliphatic hydroxyl groups excluding tert-OH is 1. The Morgan fingerprint density at radius 3 is 2.88 bits per heavy atom. The normalized spacial score (nSPS) is 30.0. The van der Waals surface area contributed by atoms with Crippen LogP contribution in [0.2, 0.25) is 0 Å². The number of aromatic nitrogens is 2. The first kappa shape index (κ1) is 11.3. The van der Waals surface area contributed by atoms with Crippen LogP contribution in [0.5, 0.6) is 0 Å². The standard InChI is InChI=1S/C12H19N3O/c1-12(6-3-2-5-10(12)16)9-15-11-13-7-4-8-14-11/h4,7-8,10,16H,2-3,5-6,9H2,1H3,(H,13,14,15). The van der Waals surface area contributed by atoms with Crippen molar-refractivity contribution in [3.05, 3.63) is 18.5 Å². The Hall–Kier alpha value is -1.16. The fourth-order valence-corrected chi connectivity index (χ4v) is 2.26. The molecule has 1 fully saturated rings. The highest BCUT2D eigenvalue weighted by Gasteiger charge is 2.35. The van der Waals surface area contributed by atoms with Gasteiger partial charge in [0.2, 0.25) is 5.95 Å². The number of anilines is 1. The molecule has 0 saturated heterocycles. The summed E-state index contributed by atoms with van der Waals surface area (Å²) in [6.45, 7) is 2.87. The zero-order valence-corrected chi connectivity index (χ0v) is 9.69. The number of nitrogens with one attached hydrogen (secondary N) is 1. The summed E-state index contributed by atoms with van der Waals surface area (Å²) in [6, 6.07) is 1.79. The molecule has 2 atom stereocenters. The van der Waals surface area contributed by atoms with Crippen molar-refractivity contribution in [3.8, 4) is 0 Å². The minimum Gasteiger partial charge on any atom is -0.392 e. The lowest BCUT2D eigenvalue weighted by molar-refractivity contribution is 0.00953. The van der Waals surface area contributed by atoms with E-state index < -0.39 is 0 Å². The van der Waals surface area contributed by atoms with Crippen LogP contribution in [0.25, 0.3) is 0 Å². The SMILES string of the molecule is CC1(CNc2ncccn2)CCCCC1O. The third-order valence-corrected chi connectivity index (χ3v) is 3.50. The van der Waals surface area contributed by atoms with Crippen LogP contribution >= 0.6 is 0 Å². The van der Waals surface area contributed by atoms with Crippen LogP contribution in [-0.4, -0.2) is 27.7 Å². The van der Waals surface area contributed by atoms with Gasteiger partial charge in [-0.2, -0.15) is 0 Å². The second-order valence-corrected chi connectivity index (χ2v) is 4.84. The first-order valence-electron chi connectivity index (χ1n) is 5.90. The molecule has 88 valence electrons. The largest absolute Gasteiger partial charge is 0.392 e. The van der Waals surface area contributed by atoms with Crippen LogP contribution in [0.1, 0.15) is 32.6 Å². The van der Waals surface area contributed by atoms with Crippen LogP contribution in [0.15, 0.2) is 18.5 Å². The smallest absolute Gasteiger partial charge is 0.222 e. The predicted octanol–water partition coefficient (Wildman–Crippen LogP) is 1.83. The lowest BCUT2D eigenvalue weighted by Gasteiger charge is -2.38. The Morgan fingerprint density at radius 2 is 2.19 bits per heavy atom. The predicted molar refractivity (Wildman–Crippen MR) is 63.1 cm³/mol. The van der Waals surface area contributed by atoms with E-state index in [1.54, 1.807) is 18.5 Å². The Labute approximate surface area is 96.1 Å². The Kier molecular flexibility index (Phi) is 3.39. The molecule has 16 heavy (non-hydrogen) atoms. The molecule has 2 N–H and O–H groups in total. The average molecular weight is 221 g/mol. The molecule has 1 saturated carbocycles. The van der Waals surface area contributed by atoms with Crippen molar-refractivity contribution < 1.29 is 5.11 Å². The highest BCUT2D eigenvalue weighted by Crippen LogP contribution is 2.35. The fourth-order valence-electron chi connectivity index (χ4n) is 2.26. The lowest BCUT2D eigenvalue weighted by Crippen LogP contribution is -2.41. The molecular formula is C12H19N3O. The van der Waals surface area contributed by atoms with E-state index >= 15 is 0 Å². The number of hydrogen-bond acceptors (Lipinski definition) is 4. The zero-order chi connectivity index (χ0) is 11.4. The number of aliphatic hydroxyl groups is 1. The van der Waals surface area contributed by atoms with Crippen molar-refractivity contribution in [2.45, 2.75) is 38.7 Å². The van der Waals surface area contributed by atoms with E-state index in [2.05, 4.69) is 22.2 Å². The molecule has 0 aromatic carbocycles. The first-order chi connectivity index (χ1) is 7.71. The summed E-state index contributed by atoms with van der Waals surface area (Å²) in [5.41, 5.74) is -0.0442. The second-order valence-electron chi connectivity index (χ2n) is 4.84. The maximum atomic E-state index is 10.0. The van der Waals surface area contributed by atoms with Crippen LogP contribution in [-0.2, 0) is 0 Å². The van der Waals surface area contributed by atoms with E-state index in [1.807, 2.05) is 0 Å². The van der Waals surface area contributed by atoms with Crippen LogP contribution in [0.3, 0.4) is 0 Å². The minimum atomic E-state index is -0.211.